The topological polar surface area (TPSA) is 55.8 Å². The van der Waals surface area contributed by atoms with E-state index >= 15 is 0 Å². The lowest BCUT2D eigenvalue weighted by Crippen LogP contribution is -2.36. The normalized spacial score (nSPS) is 16.1. The highest BCUT2D eigenvalue weighted by Gasteiger charge is 2.37. The molecule has 5 nitrogen and oxygen atoms in total. The molecule has 0 unspecified atom stereocenters. The summed E-state index contributed by atoms with van der Waals surface area (Å²) < 4.78 is 12.4. The molecule has 3 rings (SSSR count). The van der Waals surface area contributed by atoms with Crippen molar-refractivity contribution in [3.05, 3.63) is 60.9 Å². The maximum Gasteiger partial charge on any atom is 0.293 e. The molecule has 1 saturated heterocycles. The van der Waals surface area contributed by atoms with Crippen LogP contribution in [0.4, 0.5) is 4.79 Å². The Kier molecular flexibility index (Phi) is 8.55. The van der Waals surface area contributed by atoms with Crippen molar-refractivity contribution in [3.8, 4) is 11.5 Å². The van der Waals surface area contributed by atoms with Gasteiger partial charge in [0.15, 0.2) is 11.5 Å². The molecule has 0 radical (unpaired) electrons. The second-order valence-corrected chi connectivity index (χ2v) is 9.78. The first kappa shape index (κ1) is 25.0. The van der Waals surface area contributed by atoms with Crippen molar-refractivity contribution in [1.82, 2.24) is 4.90 Å². The fourth-order valence-corrected chi connectivity index (χ4v) is 4.84. The van der Waals surface area contributed by atoms with Crippen molar-refractivity contribution in [2.75, 3.05) is 6.61 Å². The molecule has 1 atom stereocenters. The molecule has 2 aromatic rings. The van der Waals surface area contributed by atoms with Crippen LogP contribution in [-0.2, 0) is 11.4 Å². The summed E-state index contributed by atoms with van der Waals surface area (Å²) in [5, 5.41) is 0.818. The predicted octanol–water partition coefficient (Wildman–Crippen LogP) is 7.57. The summed E-state index contributed by atoms with van der Waals surface area (Å²) in [6, 6.07) is 8.63. The van der Waals surface area contributed by atoms with Crippen LogP contribution in [0.2, 0.25) is 10.0 Å². The standard InChI is InChI=1S/C23H22BrCl2NO4S/c1-4-13(3)27-22(28)21(32-23(27)29)9-15-8-19(30-5-2)20(11-17(15)24)31-12-14-6-7-16(25)10-18(14)26/h6-11,13H,4-5,12H2,1-3H3/b21-9+/t13-/m0/s1. The number of ether oxygens (including phenoxy) is 2. The molecule has 1 fully saturated rings. The first-order valence-corrected chi connectivity index (χ1v) is 12.4. The zero-order chi connectivity index (χ0) is 23.4. The van der Waals surface area contributed by atoms with Crippen LogP contribution in [0.15, 0.2) is 39.7 Å². The van der Waals surface area contributed by atoms with E-state index in [9.17, 15) is 9.59 Å². The van der Waals surface area contributed by atoms with Gasteiger partial charge in [0.25, 0.3) is 11.1 Å². The van der Waals surface area contributed by atoms with E-state index in [1.165, 1.54) is 4.90 Å². The first-order valence-electron chi connectivity index (χ1n) is 10.0. The molecule has 2 aromatic carbocycles. The Labute approximate surface area is 210 Å². The first-order chi connectivity index (χ1) is 15.2. The van der Waals surface area contributed by atoms with Crippen LogP contribution in [0.5, 0.6) is 11.5 Å². The number of thioether (sulfide) groups is 1. The Bertz CT molecular complexity index is 1080. The van der Waals surface area contributed by atoms with Crippen molar-refractivity contribution >= 4 is 68.1 Å². The van der Waals surface area contributed by atoms with Gasteiger partial charge in [0.1, 0.15) is 6.61 Å². The molecule has 0 spiro atoms. The maximum atomic E-state index is 12.7. The summed E-state index contributed by atoms with van der Waals surface area (Å²) in [7, 11) is 0. The molecule has 1 heterocycles. The van der Waals surface area contributed by atoms with Crippen molar-refractivity contribution in [3.63, 3.8) is 0 Å². The number of carbonyl (C=O) groups excluding carboxylic acids is 2. The minimum atomic E-state index is -0.281. The van der Waals surface area contributed by atoms with E-state index in [0.29, 0.717) is 49.5 Å². The second kappa shape index (κ2) is 11.0. The highest BCUT2D eigenvalue weighted by Crippen LogP contribution is 2.39. The number of hydrogen-bond acceptors (Lipinski definition) is 5. The van der Waals surface area contributed by atoms with E-state index in [4.69, 9.17) is 32.7 Å². The molecule has 9 heteroatoms. The molecule has 0 aromatic heterocycles. The molecular weight excluding hydrogens is 537 g/mol. The third kappa shape index (κ3) is 5.63. The molecule has 0 N–H and O–H groups in total. The van der Waals surface area contributed by atoms with E-state index in [2.05, 4.69) is 15.9 Å². The monoisotopic (exact) mass is 557 g/mol. The summed E-state index contributed by atoms with van der Waals surface area (Å²) in [6.45, 7) is 6.35. The van der Waals surface area contributed by atoms with Crippen LogP contribution in [-0.4, -0.2) is 28.7 Å². The number of carbonyl (C=O) groups is 2. The van der Waals surface area contributed by atoms with E-state index in [1.807, 2.05) is 26.8 Å². The molecule has 0 bridgehead atoms. The van der Waals surface area contributed by atoms with E-state index in [0.717, 1.165) is 17.3 Å². The van der Waals surface area contributed by atoms with Crippen LogP contribution in [0.3, 0.4) is 0 Å². The lowest BCUT2D eigenvalue weighted by molar-refractivity contribution is -0.124. The van der Waals surface area contributed by atoms with E-state index < -0.39 is 0 Å². The van der Waals surface area contributed by atoms with Crippen LogP contribution in [0.25, 0.3) is 6.08 Å². The number of hydrogen-bond donors (Lipinski definition) is 0. The van der Waals surface area contributed by atoms with Crippen LogP contribution in [0, 0.1) is 0 Å². The highest BCUT2D eigenvalue weighted by atomic mass is 79.9. The molecule has 1 aliphatic heterocycles. The van der Waals surface area contributed by atoms with Gasteiger partial charge in [0.2, 0.25) is 0 Å². The number of benzene rings is 2. The van der Waals surface area contributed by atoms with Crippen molar-refractivity contribution in [2.24, 2.45) is 0 Å². The molecule has 1 aliphatic rings. The molecule has 32 heavy (non-hydrogen) atoms. The van der Waals surface area contributed by atoms with Crippen molar-refractivity contribution < 1.29 is 19.1 Å². The van der Waals surface area contributed by atoms with Crippen LogP contribution >= 0.6 is 50.9 Å². The summed E-state index contributed by atoms with van der Waals surface area (Å²) in [6.07, 6.45) is 2.40. The Morgan fingerprint density at radius 3 is 2.50 bits per heavy atom. The Morgan fingerprint density at radius 1 is 1.12 bits per heavy atom. The highest BCUT2D eigenvalue weighted by molar-refractivity contribution is 9.10. The largest absolute Gasteiger partial charge is 0.490 e. The molecular formula is C23H22BrCl2NO4S. The van der Waals surface area contributed by atoms with Gasteiger partial charge in [-0.3, -0.25) is 14.5 Å². The van der Waals surface area contributed by atoms with Crippen molar-refractivity contribution in [2.45, 2.75) is 39.8 Å². The Morgan fingerprint density at radius 2 is 1.84 bits per heavy atom. The molecule has 2 amide bonds. The van der Waals surface area contributed by atoms with Gasteiger partial charge in [0.05, 0.1) is 11.5 Å². The Balaban J connectivity index is 1.88. The van der Waals surface area contributed by atoms with Gasteiger partial charge in [0, 0.05) is 26.1 Å². The van der Waals surface area contributed by atoms with Gasteiger partial charge in [-0.1, -0.05) is 52.1 Å². The number of rotatable bonds is 8. The third-order valence-corrected chi connectivity index (χ3v) is 7.06. The summed E-state index contributed by atoms with van der Waals surface area (Å²) in [5.41, 5.74) is 1.50. The summed E-state index contributed by atoms with van der Waals surface area (Å²) in [4.78, 5) is 26.7. The van der Waals surface area contributed by atoms with Gasteiger partial charge < -0.3 is 9.47 Å². The predicted molar refractivity (Wildman–Crippen MR) is 134 cm³/mol. The van der Waals surface area contributed by atoms with Gasteiger partial charge in [-0.2, -0.15) is 0 Å². The Hall–Kier alpha value is -1.67. The molecule has 0 saturated carbocycles. The van der Waals surface area contributed by atoms with Gasteiger partial charge in [-0.15, -0.1) is 0 Å². The minimum Gasteiger partial charge on any atom is -0.490 e. The number of amides is 2. The number of halogens is 3. The fraction of sp³-hybridized carbons (Fsp3) is 0.304. The fourth-order valence-electron chi connectivity index (χ4n) is 3.02. The van der Waals surface area contributed by atoms with Gasteiger partial charge in [-0.25, -0.2) is 0 Å². The van der Waals surface area contributed by atoms with Crippen molar-refractivity contribution in [1.29, 1.82) is 0 Å². The lowest BCUT2D eigenvalue weighted by atomic mass is 10.1. The smallest absolute Gasteiger partial charge is 0.293 e. The summed E-state index contributed by atoms with van der Waals surface area (Å²) in [5.74, 6) is 0.764. The SMILES string of the molecule is CCOc1cc(/C=C2/SC(=O)N([C@@H](C)CC)C2=O)c(Br)cc1OCc1ccc(Cl)cc1Cl. The lowest BCUT2D eigenvalue weighted by Gasteiger charge is -2.19. The van der Waals surface area contributed by atoms with Gasteiger partial charge in [-0.05, 0) is 67.9 Å². The molecule has 170 valence electrons. The van der Waals surface area contributed by atoms with E-state index in [1.54, 1.807) is 30.3 Å². The van der Waals surface area contributed by atoms with Crippen LogP contribution in [0.1, 0.15) is 38.3 Å². The average molecular weight is 559 g/mol. The number of imide groups is 1. The third-order valence-electron chi connectivity index (χ3n) is 4.90. The summed E-state index contributed by atoms with van der Waals surface area (Å²) >= 11 is 16.7. The molecule has 0 aliphatic carbocycles. The number of nitrogens with zero attached hydrogens (tertiary/aromatic N) is 1. The van der Waals surface area contributed by atoms with E-state index in [-0.39, 0.29) is 23.8 Å². The minimum absolute atomic E-state index is 0.147. The van der Waals surface area contributed by atoms with Crippen LogP contribution < -0.4 is 9.47 Å². The zero-order valence-electron chi connectivity index (χ0n) is 17.8. The zero-order valence-corrected chi connectivity index (χ0v) is 21.7. The van der Waals surface area contributed by atoms with Gasteiger partial charge >= 0.3 is 0 Å². The quantitative estimate of drug-likeness (QED) is 0.313. The maximum absolute atomic E-state index is 12.7. The second-order valence-electron chi connectivity index (χ2n) is 7.09. The average Bonchev–Trinajstić information content (AvgIpc) is 3.02.